The van der Waals surface area contributed by atoms with Gasteiger partial charge in [-0.15, -0.1) is 0 Å². The van der Waals surface area contributed by atoms with Crippen molar-refractivity contribution in [3.8, 4) is 0 Å². The number of carbonyl (C=O) groups excluding carboxylic acids is 1. The van der Waals surface area contributed by atoms with E-state index in [-0.39, 0.29) is 5.78 Å². The van der Waals surface area contributed by atoms with Gasteiger partial charge in [-0.05, 0) is 55.2 Å². The molecule has 1 aliphatic carbocycles. The molecule has 3 rings (SSSR count). The lowest BCUT2D eigenvalue weighted by Crippen LogP contribution is -2.05. The molecule has 0 aliphatic heterocycles. The number of rotatable bonds is 0. The molecule has 2 heteroatoms. The summed E-state index contributed by atoms with van der Waals surface area (Å²) < 4.78 is 0. The number of nitrogen functional groups attached to an aromatic ring is 1. The van der Waals surface area contributed by atoms with Gasteiger partial charge in [-0.2, -0.15) is 0 Å². The molecule has 0 atom stereocenters. The van der Waals surface area contributed by atoms with Gasteiger partial charge in [0.25, 0.3) is 0 Å². The smallest absolute Gasteiger partial charge is 0.193 e. The van der Waals surface area contributed by atoms with Crippen LogP contribution in [0.5, 0.6) is 0 Å². The molecule has 0 radical (unpaired) electrons. The molecule has 0 heterocycles. The third-order valence-electron chi connectivity index (χ3n) is 3.55. The zero-order valence-corrected chi connectivity index (χ0v) is 10.4. The number of aryl methyl sites for hydroxylation is 3. The number of carbonyl (C=O) groups is 1. The van der Waals surface area contributed by atoms with Crippen molar-refractivity contribution in [2.75, 3.05) is 5.73 Å². The average molecular weight is 237 g/mol. The van der Waals surface area contributed by atoms with Crippen LogP contribution >= 0.6 is 0 Å². The lowest BCUT2D eigenvalue weighted by atomic mass is 9.97. The van der Waals surface area contributed by atoms with Crippen LogP contribution in [0.3, 0.4) is 0 Å². The molecule has 0 bridgehead atoms. The number of anilines is 1. The van der Waals surface area contributed by atoms with E-state index in [1.54, 1.807) is 6.07 Å². The first kappa shape index (κ1) is 11.0. The molecular weight excluding hydrogens is 222 g/mol. The minimum atomic E-state index is 0.126. The summed E-state index contributed by atoms with van der Waals surface area (Å²) in [5.74, 6) is 0.126. The van der Waals surface area contributed by atoms with Crippen molar-refractivity contribution in [3.63, 3.8) is 0 Å². The Morgan fingerprint density at radius 2 is 1.72 bits per heavy atom. The van der Waals surface area contributed by atoms with Gasteiger partial charge in [0, 0.05) is 16.8 Å². The lowest BCUT2D eigenvalue weighted by Gasteiger charge is -2.06. The molecule has 0 saturated carbocycles. The zero-order chi connectivity index (χ0) is 12.7. The largest absolute Gasteiger partial charge is 0.399 e. The van der Waals surface area contributed by atoms with Crippen molar-refractivity contribution < 1.29 is 4.79 Å². The summed E-state index contributed by atoms with van der Waals surface area (Å²) >= 11 is 0. The Hall–Kier alpha value is -2.09. The fraction of sp³-hybridized carbons (Fsp3) is 0.188. The van der Waals surface area contributed by atoms with Crippen molar-refractivity contribution >= 4 is 11.5 Å². The van der Waals surface area contributed by atoms with Crippen LogP contribution in [0.1, 0.15) is 32.6 Å². The Morgan fingerprint density at radius 1 is 0.944 bits per heavy atom. The van der Waals surface area contributed by atoms with Gasteiger partial charge >= 0.3 is 0 Å². The molecule has 0 amide bonds. The monoisotopic (exact) mass is 237 g/mol. The minimum absolute atomic E-state index is 0.126. The first-order valence-electron chi connectivity index (χ1n) is 6.18. The van der Waals surface area contributed by atoms with E-state index in [1.807, 2.05) is 25.1 Å². The van der Waals surface area contributed by atoms with Crippen LogP contribution in [0.15, 0.2) is 36.4 Å². The van der Waals surface area contributed by atoms with Crippen LogP contribution < -0.4 is 5.73 Å². The molecule has 0 unspecified atom stereocenters. The molecule has 2 nitrogen and oxygen atoms in total. The third-order valence-corrected chi connectivity index (χ3v) is 3.55. The van der Waals surface area contributed by atoms with Crippen LogP contribution in [0.25, 0.3) is 0 Å². The predicted octanol–water partition coefficient (Wildman–Crippen LogP) is 2.91. The van der Waals surface area contributed by atoms with E-state index < -0.39 is 0 Å². The molecule has 0 aromatic heterocycles. The number of ketones is 1. The first-order chi connectivity index (χ1) is 8.65. The summed E-state index contributed by atoms with van der Waals surface area (Å²) in [5.41, 5.74) is 11.5. The molecule has 0 spiro atoms. The topological polar surface area (TPSA) is 43.1 Å². The van der Waals surface area contributed by atoms with E-state index in [0.717, 1.165) is 46.3 Å². The van der Waals surface area contributed by atoms with E-state index in [1.165, 1.54) is 0 Å². The lowest BCUT2D eigenvalue weighted by molar-refractivity contribution is 0.103. The molecule has 2 aromatic carbocycles. The second-order valence-corrected chi connectivity index (χ2v) is 4.91. The summed E-state index contributed by atoms with van der Waals surface area (Å²) in [7, 11) is 0. The maximum atomic E-state index is 12.6. The Labute approximate surface area is 106 Å². The van der Waals surface area contributed by atoms with E-state index >= 15 is 0 Å². The summed E-state index contributed by atoms with van der Waals surface area (Å²) in [6, 6.07) is 11.7. The zero-order valence-electron chi connectivity index (χ0n) is 10.4. The molecule has 2 aromatic rings. The van der Waals surface area contributed by atoms with Gasteiger partial charge in [0.1, 0.15) is 0 Å². The maximum Gasteiger partial charge on any atom is 0.193 e. The molecule has 0 fully saturated rings. The van der Waals surface area contributed by atoms with E-state index in [4.69, 9.17) is 5.73 Å². The number of fused-ring (bicyclic) bond motifs is 2. The molecule has 18 heavy (non-hydrogen) atoms. The Kier molecular flexibility index (Phi) is 2.44. The van der Waals surface area contributed by atoms with Gasteiger partial charge in [-0.1, -0.05) is 17.7 Å². The minimum Gasteiger partial charge on any atom is -0.399 e. The molecule has 90 valence electrons. The van der Waals surface area contributed by atoms with Gasteiger partial charge in [0.2, 0.25) is 0 Å². The van der Waals surface area contributed by atoms with Crippen molar-refractivity contribution in [2.24, 2.45) is 0 Å². The van der Waals surface area contributed by atoms with Crippen molar-refractivity contribution in [1.29, 1.82) is 0 Å². The van der Waals surface area contributed by atoms with Gasteiger partial charge < -0.3 is 5.73 Å². The first-order valence-corrected chi connectivity index (χ1v) is 6.18. The summed E-state index contributed by atoms with van der Waals surface area (Å²) in [6.07, 6.45) is 1.78. The van der Waals surface area contributed by atoms with E-state index in [0.29, 0.717) is 0 Å². The average Bonchev–Trinajstić information content (AvgIpc) is 2.48. The third kappa shape index (κ3) is 1.70. The summed E-state index contributed by atoms with van der Waals surface area (Å²) in [4.78, 5) is 12.6. The van der Waals surface area contributed by atoms with Crippen molar-refractivity contribution in [2.45, 2.75) is 19.8 Å². The van der Waals surface area contributed by atoms with Gasteiger partial charge in [-0.3, -0.25) is 4.79 Å². The molecule has 0 saturated heterocycles. The summed E-state index contributed by atoms with van der Waals surface area (Å²) in [5, 5.41) is 0. The quantitative estimate of drug-likeness (QED) is 0.716. The normalized spacial score (nSPS) is 13.7. The molecular formula is C16H15NO. The van der Waals surface area contributed by atoms with Gasteiger partial charge in [0.05, 0.1) is 0 Å². The second kappa shape index (κ2) is 3.98. The highest BCUT2D eigenvalue weighted by atomic mass is 16.1. The SMILES string of the molecule is Cc1ccc2c(c1)C(=O)c1ccc(N)cc1CC2. The van der Waals surface area contributed by atoms with Crippen molar-refractivity contribution in [1.82, 2.24) is 0 Å². The fourth-order valence-corrected chi connectivity index (χ4v) is 2.58. The highest BCUT2D eigenvalue weighted by Crippen LogP contribution is 2.26. The van der Waals surface area contributed by atoms with Gasteiger partial charge in [-0.25, -0.2) is 0 Å². The maximum absolute atomic E-state index is 12.6. The number of hydrogen-bond acceptors (Lipinski definition) is 2. The van der Waals surface area contributed by atoms with Crippen LogP contribution in [0, 0.1) is 6.92 Å². The number of hydrogen-bond donors (Lipinski definition) is 1. The fourth-order valence-electron chi connectivity index (χ4n) is 2.58. The highest BCUT2D eigenvalue weighted by molar-refractivity contribution is 6.11. The Balaban J connectivity index is 2.20. The Bertz CT molecular complexity index is 644. The van der Waals surface area contributed by atoms with Crippen LogP contribution in [-0.2, 0) is 12.8 Å². The highest BCUT2D eigenvalue weighted by Gasteiger charge is 2.20. The molecule has 2 N–H and O–H groups in total. The Morgan fingerprint density at radius 3 is 2.56 bits per heavy atom. The number of benzene rings is 2. The standard InChI is InChI=1S/C16H15NO/c1-10-2-3-11-4-5-12-9-13(17)6-7-14(12)16(18)15(11)8-10/h2-3,6-9H,4-5,17H2,1H3. The van der Waals surface area contributed by atoms with E-state index in [2.05, 4.69) is 12.1 Å². The second-order valence-electron chi connectivity index (χ2n) is 4.91. The van der Waals surface area contributed by atoms with Crippen LogP contribution in [0.2, 0.25) is 0 Å². The number of nitrogens with two attached hydrogens (primary N) is 1. The predicted molar refractivity (Wildman–Crippen MR) is 72.9 cm³/mol. The van der Waals surface area contributed by atoms with Crippen LogP contribution in [0.4, 0.5) is 5.69 Å². The molecule has 1 aliphatic rings. The van der Waals surface area contributed by atoms with E-state index in [9.17, 15) is 4.79 Å². The summed E-state index contributed by atoms with van der Waals surface area (Å²) in [6.45, 7) is 2.02. The van der Waals surface area contributed by atoms with Crippen LogP contribution in [-0.4, -0.2) is 5.78 Å². The van der Waals surface area contributed by atoms with Gasteiger partial charge in [0.15, 0.2) is 5.78 Å². The van der Waals surface area contributed by atoms with Crippen molar-refractivity contribution in [3.05, 3.63) is 64.2 Å².